The predicted molar refractivity (Wildman–Crippen MR) is 138 cm³/mol. The van der Waals surface area contributed by atoms with Crippen molar-refractivity contribution in [2.45, 2.75) is 37.8 Å². The molecule has 184 valence electrons. The summed E-state index contributed by atoms with van der Waals surface area (Å²) in [5.41, 5.74) is 2.44. The van der Waals surface area contributed by atoms with Gasteiger partial charge in [-0.05, 0) is 42.3 Å². The Morgan fingerprint density at radius 3 is 2.91 bits per heavy atom. The van der Waals surface area contributed by atoms with Gasteiger partial charge in [0.15, 0.2) is 5.13 Å². The normalized spacial score (nSPS) is 17.6. The summed E-state index contributed by atoms with van der Waals surface area (Å²) >= 11 is 2.68. The molecule has 0 spiro atoms. The van der Waals surface area contributed by atoms with Gasteiger partial charge in [0.05, 0.1) is 23.1 Å². The fourth-order valence-corrected chi connectivity index (χ4v) is 5.52. The second-order valence-electron chi connectivity index (χ2n) is 8.20. The van der Waals surface area contributed by atoms with Crippen molar-refractivity contribution in [3.63, 3.8) is 0 Å². The van der Waals surface area contributed by atoms with Crippen molar-refractivity contribution in [1.82, 2.24) is 20.9 Å². The van der Waals surface area contributed by atoms with Crippen molar-refractivity contribution in [3.05, 3.63) is 53.6 Å². The molecule has 3 amide bonds. The largest absolute Gasteiger partial charge is 0.497 e. The van der Waals surface area contributed by atoms with Crippen LogP contribution in [0.3, 0.4) is 0 Å². The van der Waals surface area contributed by atoms with Gasteiger partial charge in [-0.25, -0.2) is 4.98 Å². The first-order chi connectivity index (χ1) is 16.9. The average Bonchev–Trinajstić information content (AvgIpc) is 3.22. The lowest BCUT2D eigenvalue weighted by Gasteiger charge is -2.30. The summed E-state index contributed by atoms with van der Waals surface area (Å²) in [5, 5.41) is 12.3. The van der Waals surface area contributed by atoms with E-state index in [0.717, 1.165) is 27.1 Å². The molecule has 2 unspecified atom stereocenters. The van der Waals surface area contributed by atoms with Crippen molar-refractivity contribution >= 4 is 56.2 Å². The Morgan fingerprint density at radius 1 is 1.23 bits per heavy atom. The number of rotatable bonds is 9. The lowest BCUT2D eigenvalue weighted by atomic mass is 10.1. The molecular weight excluding hydrogens is 486 g/mol. The average molecular weight is 514 g/mol. The third-order valence-electron chi connectivity index (χ3n) is 5.34. The number of fused-ring (bicyclic) bond motifs is 1. The minimum atomic E-state index is -0.462. The zero-order valence-corrected chi connectivity index (χ0v) is 21.1. The second kappa shape index (κ2) is 11.5. The Balaban J connectivity index is 1.23. The van der Waals surface area contributed by atoms with E-state index in [0.29, 0.717) is 11.7 Å². The molecule has 1 saturated heterocycles. The summed E-state index contributed by atoms with van der Waals surface area (Å²) in [5.74, 6) is 0.327. The number of methoxy groups -OCH3 is 1. The minimum absolute atomic E-state index is 0.127. The van der Waals surface area contributed by atoms with E-state index in [1.807, 2.05) is 49.4 Å². The molecule has 2 heterocycles. The monoisotopic (exact) mass is 513 g/mol. The molecule has 1 aromatic heterocycles. The Morgan fingerprint density at radius 2 is 2.09 bits per heavy atom. The number of hydrogen-bond donors (Lipinski definition) is 4. The topological polar surface area (TPSA) is 121 Å². The van der Waals surface area contributed by atoms with E-state index >= 15 is 0 Å². The highest BCUT2D eigenvalue weighted by atomic mass is 32.2. The summed E-state index contributed by atoms with van der Waals surface area (Å²) in [6, 6.07) is 13.1. The summed E-state index contributed by atoms with van der Waals surface area (Å²) in [7, 11) is 1.59. The van der Waals surface area contributed by atoms with Crippen LogP contribution in [-0.2, 0) is 20.9 Å². The van der Waals surface area contributed by atoms with Gasteiger partial charge in [0, 0.05) is 25.4 Å². The van der Waals surface area contributed by atoms with E-state index in [2.05, 4.69) is 26.3 Å². The minimum Gasteiger partial charge on any atom is -0.497 e. The molecule has 0 saturated carbocycles. The maximum absolute atomic E-state index is 12.4. The number of aromatic nitrogens is 1. The molecule has 2 atom stereocenters. The highest BCUT2D eigenvalue weighted by molar-refractivity contribution is 8.00. The summed E-state index contributed by atoms with van der Waals surface area (Å²) < 4.78 is 6.21. The number of nitrogens with one attached hydrogen (secondary N) is 4. The van der Waals surface area contributed by atoms with Gasteiger partial charge in [-0.2, -0.15) is 0 Å². The number of carbonyl (C=O) groups excluding carboxylic acids is 3. The lowest BCUT2D eigenvalue weighted by molar-refractivity contribution is -0.125. The number of anilines is 1. The number of ether oxygens (including phenoxy) is 1. The number of thiazole rings is 1. The maximum atomic E-state index is 12.4. The van der Waals surface area contributed by atoms with E-state index in [1.54, 1.807) is 7.11 Å². The van der Waals surface area contributed by atoms with Crippen molar-refractivity contribution in [2.24, 2.45) is 0 Å². The fourth-order valence-electron chi connectivity index (χ4n) is 3.64. The van der Waals surface area contributed by atoms with Crippen LogP contribution in [0.2, 0.25) is 0 Å². The molecule has 0 radical (unpaired) electrons. The van der Waals surface area contributed by atoms with Crippen LogP contribution < -0.4 is 26.0 Å². The summed E-state index contributed by atoms with van der Waals surface area (Å²) in [6.07, 6.45) is 0.354. The van der Waals surface area contributed by atoms with Gasteiger partial charge >= 0.3 is 0 Å². The fraction of sp³-hybridized carbons (Fsp3) is 0.333. The Labute approximate surface area is 211 Å². The van der Waals surface area contributed by atoms with Gasteiger partial charge in [0.1, 0.15) is 11.2 Å². The molecule has 1 aliphatic heterocycles. The summed E-state index contributed by atoms with van der Waals surface area (Å²) in [4.78, 5) is 41.4. The number of aryl methyl sites for hydroxylation is 1. The van der Waals surface area contributed by atoms with Crippen LogP contribution in [0.5, 0.6) is 5.75 Å². The smallest absolute Gasteiger partial charge is 0.236 e. The molecule has 1 aliphatic rings. The van der Waals surface area contributed by atoms with Crippen molar-refractivity contribution in [2.75, 3.05) is 18.2 Å². The molecule has 4 rings (SSSR count). The van der Waals surface area contributed by atoms with E-state index in [4.69, 9.17) is 4.74 Å². The van der Waals surface area contributed by atoms with E-state index in [9.17, 15) is 14.4 Å². The van der Waals surface area contributed by atoms with Crippen molar-refractivity contribution in [3.8, 4) is 5.75 Å². The first-order valence-corrected chi connectivity index (χ1v) is 13.0. The molecule has 2 aromatic carbocycles. The van der Waals surface area contributed by atoms with E-state index in [-0.39, 0.29) is 42.4 Å². The maximum Gasteiger partial charge on any atom is 0.236 e. The van der Waals surface area contributed by atoms with Crippen LogP contribution in [0.25, 0.3) is 10.2 Å². The standard InChI is InChI=1S/C24H27N5O4S2/c1-14-6-7-18-19(8-14)35-24(27-18)29-22(32)13-34-23-26-16(11-21(31)28-23)10-20(30)25-12-15-4-3-5-17(9-15)33-2/h3-9,16,23,26H,10-13H2,1-2H3,(H,25,30)(H,28,31)(H,27,29,32). The van der Waals surface area contributed by atoms with Gasteiger partial charge in [0.2, 0.25) is 17.7 Å². The Bertz CT molecular complexity index is 1230. The van der Waals surface area contributed by atoms with E-state index < -0.39 is 5.50 Å². The van der Waals surface area contributed by atoms with Crippen molar-refractivity contribution < 1.29 is 19.1 Å². The van der Waals surface area contributed by atoms with Crippen LogP contribution in [0.4, 0.5) is 5.13 Å². The molecule has 11 heteroatoms. The van der Waals surface area contributed by atoms with Gasteiger partial charge in [0.25, 0.3) is 0 Å². The van der Waals surface area contributed by atoms with Crippen molar-refractivity contribution in [1.29, 1.82) is 0 Å². The third-order valence-corrected chi connectivity index (χ3v) is 7.29. The number of hydrogen-bond acceptors (Lipinski definition) is 8. The van der Waals surface area contributed by atoms with Crippen LogP contribution in [0.15, 0.2) is 42.5 Å². The first kappa shape index (κ1) is 25.0. The Kier molecular flexibility index (Phi) is 8.21. The second-order valence-corrected chi connectivity index (χ2v) is 10.3. The highest BCUT2D eigenvalue weighted by Crippen LogP contribution is 2.27. The number of carbonyl (C=O) groups is 3. The first-order valence-electron chi connectivity index (χ1n) is 11.1. The Hall–Kier alpha value is -3.15. The summed E-state index contributed by atoms with van der Waals surface area (Å²) in [6.45, 7) is 2.38. The number of thioether (sulfide) groups is 1. The van der Waals surface area contributed by atoms with Gasteiger partial charge < -0.3 is 20.7 Å². The SMILES string of the molecule is COc1cccc(CNC(=O)CC2CC(=O)NC(SCC(=O)Nc3nc4ccc(C)cc4s3)N2)c1. The van der Waals surface area contributed by atoms with Gasteiger partial charge in [-0.15, -0.1) is 11.8 Å². The number of amides is 3. The highest BCUT2D eigenvalue weighted by Gasteiger charge is 2.28. The van der Waals surface area contributed by atoms with Gasteiger partial charge in [-0.3, -0.25) is 19.7 Å². The zero-order valence-electron chi connectivity index (χ0n) is 19.4. The van der Waals surface area contributed by atoms with E-state index in [1.165, 1.54) is 23.1 Å². The molecular formula is C24H27N5O4S2. The van der Waals surface area contributed by atoms with Crippen LogP contribution in [0, 0.1) is 6.92 Å². The molecule has 35 heavy (non-hydrogen) atoms. The lowest BCUT2D eigenvalue weighted by Crippen LogP contribution is -2.56. The predicted octanol–water partition coefficient (Wildman–Crippen LogP) is 2.75. The molecule has 0 bridgehead atoms. The molecule has 1 fully saturated rings. The van der Waals surface area contributed by atoms with Crippen LogP contribution in [-0.4, -0.2) is 47.1 Å². The molecule has 0 aliphatic carbocycles. The van der Waals surface area contributed by atoms with Crippen LogP contribution >= 0.6 is 23.1 Å². The number of nitrogens with zero attached hydrogens (tertiary/aromatic N) is 1. The number of benzene rings is 2. The molecule has 9 nitrogen and oxygen atoms in total. The molecule has 3 aromatic rings. The quantitative estimate of drug-likeness (QED) is 0.347. The third kappa shape index (κ3) is 7.17. The van der Waals surface area contributed by atoms with Crippen LogP contribution in [0.1, 0.15) is 24.0 Å². The molecule has 4 N–H and O–H groups in total. The zero-order chi connectivity index (χ0) is 24.8. The van der Waals surface area contributed by atoms with Gasteiger partial charge in [-0.1, -0.05) is 29.5 Å².